The molecule has 2 heterocycles. The molecule has 1 saturated heterocycles. The maximum Gasteiger partial charge on any atom is 0.269 e. The Labute approximate surface area is 158 Å². The minimum Gasteiger partial charge on any atom is -0.385 e. The number of benzene rings is 1. The number of anilines is 1. The SMILES string of the molecule is O=C(NCCN1CCOCC1)c1cc(NCCc2ccccc2F)ccn1. The second kappa shape index (κ2) is 9.99. The van der Waals surface area contributed by atoms with Crippen molar-refractivity contribution < 1.29 is 13.9 Å². The largest absolute Gasteiger partial charge is 0.385 e. The van der Waals surface area contributed by atoms with Crippen LogP contribution in [0.3, 0.4) is 0 Å². The summed E-state index contributed by atoms with van der Waals surface area (Å²) in [6.07, 6.45) is 2.17. The van der Waals surface area contributed by atoms with Gasteiger partial charge in [0.1, 0.15) is 11.5 Å². The van der Waals surface area contributed by atoms with Crippen molar-refractivity contribution in [3.63, 3.8) is 0 Å². The Morgan fingerprint density at radius 3 is 2.81 bits per heavy atom. The van der Waals surface area contributed by atoms with Crippen molar-refractivity contribution in [2.45, 2.75) is 6.42 Å². The number of nitrogens with zero attached hydrogens (tertiary/aromatic N) is 2. The highest BCUT2D eigenvalue weighted by Gasteiger charge is 2.12. The van der Waals surface area contributed by atoms with Crippen molar-refractivity contribution in [1.29, 1.82) is 0 Å². The minimum absolute atomic E-state index is 0.194. The van der Waals surface area contributed by atoms with Crippen LogP contribution in [0.4, 0.5) is 10.1 Å². The summed E-state index contributed by atoms with van der Waals surface area (Å²) in [7, 11) is 0. The third kappa shape index (κ3) is 6.01. The van der Waals surface area contributed by atoms with Crippen LogP contribution in [0, 0.1) is 5.82 Å². The number of hydrogen-bond acceptors (Lipinski definition) is 5. The summed E-state index contributed by atoms with van der Waals surface area (Å²) >= 11 is 0. The monoisotopic (exact) mass is 372 g/mol. The number of hydrogen-bond donors (Lipinski definition) is 2. The number of nitrogens with one attached hydrogen (secondary N) is 2. The predicted octanol–water partition coefficient (Wildman–Crippen LogP) is 1.94. The topological polar surface area (TPSA) is 66.5 Å². The number of morpholine rings is 1. The van der Waals surface area contributed by atoms with E-state index in [1.165, 1.54) is 6.07 Å². The number of rotatable bonds is 8. The molecule has 0 atom stereocenters. The lowest BCUT2D eigenvalue weighted by Crippen LogP contribution is -2.41. The van der Waals surface area contributed by atoms with E-state index in [4.69, 9.17) is 4.74 Å². The molecule has 1 amide bonds. The molecular weight excluding hydrogens is 347 g/mol. The molecule has 0 bridgehead atoms. The zero-order chi connectivity index (χ0) is 18.9. The fraction of sp³-hybridized carbons (Fsp3) is 0.400. The maximum atomic E-state index is 13.6. The third-order valence-electron chi connectivity index (χ3n) is 4.49. The Balaban J connectivity index is 1.44. The van der Waals surface area contributed by atoms with E-state index in [-0.39, 0.29) is 11.7 Å². The van der Waals surface area contributed by atoms with Gasteiger partial charge in [-0.05, 0) is 30.2 Å². The van der Waals surface area contributed by atoms with Gasteiger partial charge < -0.3 is 15.4 Å². The molecule has 0 unspecified atom stereocenters. The van der Waals surface area contributed by atoms with Gasteiger partial charge in [0, 0.05) is 44.6 Å². The highest BCUT2D eigenvalue weighted by Crippen LogP contribution is 2.10. The average Bonchev–Trinajstić information content (AvgIpc) is 2.70. The van der Waals surface area contributed by atoms with E-state index in [2.05, 4.69) is 20.5 Å². The lowest BCUT2D eigenvalue weighted by atomic mass is 10.1. The molecular formula is C20H25FN4O2. The fourth-order valence-corrected chi connectivity index (χ4v) is 2.95. The highest BCUT2D eigenvalue weighted by molar-refractivity contribution is 5.93. The van der Waals surface area contributed by atoms with Crippen molar-refractivity contribution in [1.82, 2.24) is 15.2 Å². The molecule has 2 N–H and O–H groups in total. The van der Waals surface area contributed by atoms with E-state index in [0.29, 0.717) is 30.8 Å². The third-order valence-corrected chi connectivity index (χ3v) is 4.49. The molecule has 7 heteroatoms. The van der Waals surface area contributed by atoms with E-state index < -0.39 is 0 Å². The summed E-state index contributed by atoms with van der Waals surface area (Å²) in [6.45, 7) is 5.24. The predicted molar refractivity (Wildman–Crippen MR) is 102 cm³/mol. The molecule has 1 fully saturated rings. The molecule has 1 aromatic heterocycles. The second-order valence-electron chi connectivity index (χ2n) is 6.41. The highest BCUT2D eigenvalue weighted by atomic mass is 19.1. The standard InChI is InChI=1S/C20H25FN4O2/c21-18-4-2-1-3-16(18)5-7-22-17-6-8-23-19(15-17)20(26)24-9-10-25-11-13-27-14-12-25/h1-4,6,8,15H,5,7,9-14H2,(H,22,23)(H,24,26). The van der Waals surface area contributed by atoms with E-state index in [1.54, 1.807) is 30.5 Å². The van der Waals surface area contributed by atoms with E-state index >= 15 is 0 Å². The van der Waals surface area contributed by atoms with Gasteiger partial charge in [-0.3, -0.25) is 14.7 Å². The average molecular weight is 372 g/mol. The molecule has 0 saturated carbocycles. The van der Waals surface area contributed by atoms with Gasteiger partial charge in [-0.1, -0.05) is 18.2 Å². The quantitative estimate of drug-likeness (QED) is 0.741. The first kappa shape index (κ1) is 19.3. The van der Waals surface area contributed by atoms with Gasteiger partial charge in [0.25, 0.3) is 5.91 Å². The summed E-state index contributed by atoms with van der Waals surface area (Å²) in [4.78, 5) is 18.7. The fourth-order valence-electron chi connectivity index (χ4n) is 2.95. The molecule has 2 aromatic rings. The molecule has 3 rings (SSSR count). The van der Waals surface area contributed by atoms with Crippen LogP contribution in [-0.4, -0.2) is 61.7 Å². The zero-order valence-electron chi connectivity index (χ0n) is 15.3. The van der Waals surface area contributed by atoms with Crippen molar-refractivity contribution >= 4 is 11.6 Å². The number of carbonyl (C=O) groups excluding carboxylic acids is 1. The number of amides is 1. The Bertz CT molecular complexity index is 750. The van der Waals surface area contributed by atoms with E-state index in [0.717, 1.165) is 38.5 Å². The number of pyridine rings is 1. The van der Waals surface area contributed by atoms with Gasteiger partial charge in [0.15, 0.2) is 0 Å². The Kier molecular flexibility index (Phi) is 7.12. The molecule has 0 radical (unpaired) electrons. The number of ether oxygens (including phenoxy) is 1. The number of carbonyl (C=O) groups is 1. The van der Waals surface area contributed by atoms with Crippen LogP contribution in [-0.2, 0) is 11.2 Å². The van der Waals surface area contributed by atoms with Crippen LogP contribution in [0.2, 0.25) is 0 Å². The lowest BCUT2D eigenvalue weighted by Gasteiger charge is -2.26. The molecule has 1 aliphatic heterocycles. The van der Waals surface area contributed by atoms with Crippen LogP contribution < -0.4 is 10.6 Å². The number of aromatic nitrogens is 1. The smallest absolute Gasteiger partial charge is 0.269 e. The van der Waals surface area contributed by atoms with Crippen molar-refractivity contribution in [3.05, 3.63) is 59.7 Å². The maximum absolute atomic E-state index is 13.6. The second-order valence-corrected chi connectivity index (χ2v) is 6.41. The first-order chi connectivity index (χ1) is 13.2. The van der Waals surface area contributed by atoms with Crippen molar-refractivity contribution in [3.8, 4) is 0 Å². The molecule has 6 nitrogen and oxygen atoms in total. The van der Waals surface area contributed by atoms with Gasteiger partial charge in [0.05, 0.1) is 13.2 Å². The van der Waals surface area contributed by atoms with E-state index in [1.807, 2.05) is 6.07 Å². The first-order valence-corrected chi connectivity index (χ1v) is 9.24. The molecule has 0 spiro atoms. The van der Waals surface area contributed by atoms with Crippen LogP contribution in [0.5, 0.6) is 0 Å². The van der Waals surface area contributed by atoms with Gasteiger partial charge in [0.2, 0.25) is 0 Å². The van der Waals surface area contributed by atoms with Crippen LogP contribution in [0.25, 0.3) is 0 Å². The summed E-state index contributed by atoms with van der Waals surface area (Å²) in [6, 6.07) is 10.2. The molecule has 1 aromatic carbocycles. The van der Waals surface area contributed by atoms with Gasteiger partial charge >= 0.3 is 0 Å². The minimum atomic E-state index is -0.200. The van der Waals surface area contributed by atoms with Crippen molar-refractivity contribution in [2.75, 3.05) is 51.3 Å². The first-order valence-electron chi connectivity index (χ1n) is 9.24. The summed E-state index contributed by atoms with van der Waals surface area (Å²) in [5.74, 6) is -0.393. The zero-order valence-corrected chi connectivity index (χ0v) is 15.3. The van der Waals surface area contributed by atoms with Crippen LogP contribution in [0.15, 0.2) is 42.6 Å². The molecule has 144 valence electrons. The Morgan fingerprint density at radius 2 is 2.00 bits per heavy atom. The summed E-state index contributed by atoms with van der Waals surface area (Å²) in [5, 5.41) is 6.12. The Hall–Kier alpha value is -2.51. The van der Waals surface area contributed by atoms with Gasteiger partial charge in [-0.15, -0.1) is 0 Å². The van der Waals surface area contributed by atoms with Crippen LogP contribution >= 0.6 is 0 Å². The molecule has 1 aliphatic rings. The van der Waals surface area contributed by atoms with Gasteiger partial charge in [-0.2, -0.15) is 0 Å². The summed E-state index contributed by atoms with van der Waals surface area (Å²) in [5.41, 5.74) is 1.83. The van der Waals surface area contributed by atoms with Crippen molar-refractivity contribution in [2.24, 2.45) is 0 Å². The summed E-state index contributed by atoms with van der Waals surface area (Å²) < 4.78 is 18.9. The molecule has 27 heavy (non-hydrogen) atoms. The normalized spacial score (nSPS) is 14.7. The lowest BCUT2D eigenvalue weighted by molar-refractivity contribution is 0.0383. The number of halogens is 1. The Morgan fingerprint density at radius 1 is 1.19 bits per heavy atom. The van der Waals surface area contributed by atoms with Gasteiger partial charge in [-0.25, -0.2) is 4.39 Å². The molecule has 0 aliphatic carbocycles. The van der Waals surface area contributed by atoms with E-state index in [9.17, 15) is 9.18 Å². The van der Waals surface area contributed by atoms with Crippen LogP contribution in [0.1, 0.15) is 16.1 Å².